The van der Waals surface area contributed by atoms with Gasteiger partial charge in [0.25, 0.3) is 5.91 Å². The molecule has 3 aliphatic rings. The lowest BCUT2D eigenvalue weighted by molar-refractivity contribution is -0.133. The topological polar surface area (TPSA) is 53.1 Å². The van der Waals surface area contributed by atoms with Gasteiger partial charge in [-0.1, -0.05) is 24.6 Å². The van der Waals surface area contributed by atoms with Crippen LogP contribution < -0.4 is 0 Å². The predicted octanol–water partition coefficient (Wildman–Crippen LogP) is 2.77. The molecule has 30 heavy (non-hydrogen) atoms. The zero-order valence-electron chi connectivity index (χ0n) is 18.2. The zero-order chi connectivity index (χ0) is 20.9. The summed E-state index contributed by atoms with van der Waals surface area (Å²) >= 11 is 0. The molecule has 6 heteroatoms. The Morgan fingerprint density at radius 2 is 2.00 bits per heavy atom. The lowest BCUT2D eigenvalue weighted by atomic mass is 9.83. The van der Waals surface area contributed by atoms with Gasteiger partial charge in [-0.2, -0.15) is 0 Å². The second-order valence-electron chi connectivity index (χ2n) is 9.01. The van der Waals surface area contributed by atoms with E-state index >= 15 is 0 Å². The van der Waals surface area contributed by atoms with Crippen molar-refractivity contribution >= 4 is 11.8 Å². The highest BCUT2D eigenvalue weighted by atomic mass is 16.5. The van der Waals surface area contributed by atoms with E-state index in [0.717, 1.165) is 24.1 Å². The molecule has 2 fully saturated rings. The molecule has 164 valence electrons. The SMILES string of the molecule is COCCCN(CC1CCCN2CCCCC12)C(=O)CN1Cc2ccccc2C1=O. The van der Waals surface area contributed by atoms with E-state index in [1.165, 1.54) is 45.2 Å². The van der Waals surface area contributed by atoms with Crippen molar-refractivity contribution in [1.29, 1.82) is 0 Å². The van der Waals surface area contributed by atoms with E-state index in [1.807, 2.05) is 29.2 Å². The van der Waals surface area contributed by atoms with Crippen LogP contribution in [-0.2, 0) is 16.1 Å². The second-order valence-corrected chi connectivity index (χ2v) is 9.01. The summed E-state index contributed by atoms with van der Waals surface area (Å²) in [5.41, 5.74) is 1.76. The van der Waals surface area contributed by atoms with E-state index < -0.39 is 0 Å². The number of rotatable bonds is 8. The van der Waals surface area contributed by atoms with Crippen LogP contribution in [0.5, 0.6) is 0 Å². The molecular formula is C24H35N3O3. The van der Waals surface area contributed by atoms with Gasteiger partial charge in [-0.15, -0.1) is 0 Å². The smallest absolute Gasteiger partial charge is 0.254 e. The van der Waals surface area contributed by atoms with Gasteiger partial charge in [-0.3, -0.25) is 9.59 Å². The molecule has 6 nitrogen and oxygen atoms in total. The molecule has 0 saturated carbocycles. The molecule has 4 rings (SSSR count). The van der Waals surface area contributed by atoms with Crippen molar-refractivity contribution in [3.05, 3.63) is 35.4 Å². The van der Waals surface area contributed by atoms with Gasteiger partial charge >= 0.3 is 0 Å². The number of piperidine rings is 2. The van der Waals surface area contributed by atoms with Crippen LogP contribution >= 0.6 is 0 Å². The summed E-state index contributed by atoms with van der Waals surface area (Å²) in [6.07, 6.45) is 7.11. The first-order valence-corrected chi connectivity index (χ1v) is 11.6. The first-order chi connectivity index (χ1) is 14.7. The van der Waals surface area contributed by atoms with Crippen molar-refractivity contribution in [3.63, 3.8) is 0 Å². The summed E-state index contributed by atoms with van der Waals surface area (Å²) in [6, 6.07) is 8.29. The average molecular weight is 414 g/mol. The van der Waals surface area contributed by atoms with Gasteiger partial charge in [0, 0.05) is 45.0 Å². The maximum Gasteiger partial charge on any atom is 0.254 e. The fourth-order valence-electron chi connectivity index (χ4n) is 5.50. The van der Waals surface area contributed by atoms with Crippen molar-refractivity contribution in [1.82, 2.24) is 14.7 Å². The van der Waals surface area contributed by atoms with Crippen molar-refractivity contribution < 1.29 is 14.3 Å². The fourth-order valence-corrected chi connectivity index (χ4v) is 5.50. The molecule has 2 atom stereocenters. The molecule has 0 aromatic heterocycles. The molecule has 2 unspecified atom stereocenters. The Kier molecular flexibility index (Phi) is 7.05. The van der Waals surface area contributed by atoms with Crippen molar-refractivity contribution in [2.45, 2.75) is 51.1 Å². The van der Waals surface area contributed by atoms with E-state index in [1.54, 1.807) is 12.0 Å². The minimum Gasteiger partial charge on any atom is -0.385 e. The number of carbonyl (C=O) groups is 2. The normalized spacial score (nSPS) is 23.9. The minimum atomic E-state index is -0.0214. The van der Waals surface area contributed by atoms with Gasteiger partial charge in [-0.25, -0.2) is 0 Å². The van der Waals surface area contributed by atoms with Crippen LogP contribution in [0.4, 0.5) is 0 Å². The van der Waals surface area contributed by atoms with Crippen LogP contribution in [0.15, 0.2) is 24.3 Å². The number of benzene rings is 1. The molecule has 0 N–H and O–H groups in total. The molecule has 1 aromatic carbocycles. The molecule has 3 aliphatic heterocycles. The minimum absolute atomic E-state index is 0.0214. The Hall–Kier alpha value is -1.92. The third-order valence-corrected chi connectivity index (χ3v) is 7.04. The van der Waals surface area contributed by atoms with Gasteiger partial charge in [0.05, 0.1) is 0 Å². The molecule has 0 spiro atoms. The summed E-state index contributed by atoms with van der Waals surface area (Å²) in [5.74, 6) is 0.587. The Balaban J connectivity index is 1.41. The number of carbonyl (C=O) groups excluding carboxylic acids is 2. The highest BCUT2D eigenvalue weighted by Crippen LogP contribution is 2.31. The Labute approximate surface area is 180 Å². The Morgan fingerprint density at radius 3 is 2.83 bits per heavy atom. The number of hydrogen-bond acceptors (Lipinski definition) is 4. The fraction of sp³-hybridized carbons (Fsp3) is 0.667. The quantitative estimate of drug-likeness (QED) is 0.615. The summed E-state index contributed by atoms with van der Waals surface area (Å²) in [6.45, 7) is 5.27. The number of methoxy groups -OCH3 is 1. The van der Waals surface area contributed by atoms with E-state index in [9.17, 15) is 9.59 Å². The predicted molar refractivity (Wildman–Crippen MR) is 116 cm³/mol. The van der Waals surface area contributed by atoms with Gasteiger partial charge < -0.3 is 19.4 Å². The Bertz CT molecular complexity index is 751. The summed E-state index contributed by atoms with van der Waals surface area (Å²) < 4.78 is 5.23. The van der Waals surface area contributed by atoms with Crippen LogP contribution in [0, 0.1) is 5.92 Å². The number of nitrogens with zero attached hydrogens (tertiary/aromatic N) is 3. The van der Waals surface area contributed by atoms with Crippen LogP contribution in [0.1, 0.15) is 54.4 Å². The first kappa shape index (κ1) is 21.3. The van der Waals surface area contributed by atoms with E-state index in [4.69, 9.17) is 4.74 Å². The monoisotopic (exact) mass is 413 g/mol. The number of ether oxygens (including phenoxy) is 1. The highest BCUT2D eigenvalue weighted by Gasteiger charge is 2.35. The summed E-state index contributed by atoms with van der Waals surface area (Å²) in [7, 11) is 1.70. The lowest BCUT2D eigenvalue weighted by Gasteiger charge is -2.45. The standard InChI is InChI=1S/C24H35N3O3/c1-30-15-7-14-26(17-20-9-6-13-25-12-5-4-11-22(20)25)23(28)18-27-16-19-8-2-3-10-21(19)24(27)29/h2-3,8,10,20,22H,4-7,9,11-18H2,1H3. The largest absolute Gasteiger partial charge is 0.385 e. The van der Waals surface area contributed by atoms with Gasteiger partial charge in [0.2, 0.25) is 5.91 Å². The number of fused-ring (bicyclic) bond motifs is 2. The molecular weight excluding hydrogens is 378 g/mol. The van der Waals surface area contributed by atoms with Gasteiger partial charge in [-0.05, 0) is 62.7 Å². The molecule has 1 aromatic rings. The lowest BCUT2D eigenvalue weighted by Crippen LogP contribution is -2.52. The summed E-state index contributed by atoms with van der Waals surface area (Å²) in [5, 5.41) is 0. The van der Waals surface area contributed by atoms with Gasteiger partial charge in [0.1, 0.15) is 6.54 Å². The number of amides is 2. The second kappa shape index (κ2) is 9.92. The maximum atomic E-state index is 13.3. The molecule has 3 heterocycles. The zero-order valence-corrected chi connectivity index (χ0v) is 18.2. The van der Waals surface area contributed by atoms with E-state index in [-0.39, 0.29) is 18.4 Å². The third kappa shape index (κ3) is 4.70. The molecule has 2 saturated heterocycles. The van der Waals surface area contributed by atoms with Gasteiger partial charge in [0.15, 0.2) is 0 Å². The molecule has 0 bridgehead atoms. The third-order valence-electron chi connectivity index (χ3n) is 7.04. The van der Waals surface area contributed by atoms with Crippen LogP contribution in [0.2, 0.25) is 0 Å². The van der Waals surface area contributed by atoms with Crippen LogP contribution in [0.3, 0.4) is 0 Å². The average Bonchev–Trinajstić information content (AvgIpc) is 3.08. The van der Waals surface area contributed by atoms with E-state index in [2.05, 4.69) is 4.90 Å². The van der Waals surface area contributed by atoms with Crippen LogP contribution in [0.25, 0.3) is 0 Å². The van der Waals surface area contributed by atoms with Crippen molar-refractivity contribution in [3.8, 4) is 0 Å². The van der Waals surface area contributed by atoms with Crippen molar-refractivity contribution in [2.24, 2.45) is 5.92 Å². The van der Waals surface area contributed by atoms with Crippen LogP contribution in [-0.4, -0.2) is 79.0 Å². The summed E-state index contributed by atoms with van der Waals surface area (Å²) in [4.78, 5) is 32.4. The highest BCUT2D eigenvalue weighted by molar-refractivity contribution is 6.00. The molecule has 2 amide bonds. The van der Waals surface area contributed by atoms with E-state index in [0.29, 0.717) is 31.7 Å². The number of hydrogen-bond donors (Lipinski definition) is 0. The first-order valence-electron chi connectivity index (χ1n) is 11.6. The Morgan fingerprint density at radius 1 is 1.17 bits per heavy atom. The molecule has 0 radical (unpaired) electrons. The maximum absolute atomic E-state index is 13.3. The molecule has 0 aliphatic carbocycles. The van der Waals surface area contributed by atoms with Crippen molar-refractivity contribution in [2.75, 3.05) is 46.4 Å².